The second-order valence-corrected chi connectivity index (χ2v) is 4.75. The van der Waals surface area contributed by atoms with Crippen molar-refractivity contribution >= 4 is 0 Å². The highest BCUT2D eigenvalue weighted by Crippen LogP contribution is 2.17. The molecule has 0 bridgehead atoms. The molecule has 3 N–H and O–H groups in total. The van der Waals surface area contributed by atoms with Gasteiger partial charge in [-0.2, -0.15) is 0 Å². The summed E-state index contributed by atoms with van der Waals surface area (Å²) in [7, 11) is 0. The molecule has 0 amide bonds. The van der Waals surface area contributed by atoms with Gasteiger partial charge in [0, 0.05) is 31.9 Å². The van der Waals surface area contributed by atoms with Gasteiger partial charge in [0.15, 0.2) is 0 Å². The van der Waals surface area contributed by atoms with Gasteiger partial charge in [-0.25, -0.2) is 0 Å². The fourth-order valence-electron chi connectivity index (χ4n) is 1.93. The highest BCUT2D eigenvalue weighted by molar-refractivity contribution is 5.29. The molecular weight excluding hydrogens is 256 g/mol. The van der Waals surface area contributed by atoms with Gasteiger partial charge >= 0.3 is 0 Å². The predicted molar refractivity (Wildman–Crippen MR) is 75.1 cm³/mol. The second kappa shape index (κ2) is 7.02. The van der Waals surface area contributed by atoms with Crippen molar-refractivity contribution in [3.05, 3.63) is 41.7 Å². The molecule has 1 aromatic heterocycles. The monoisotopic (exact) mass is 276 g/mol. The van der Waals surface area contributed by atoms with Crippen LogP contribution in [0.1, 0.15) is 30.6 Å². The fourth-order valence-corrected chi connectivity index (χ4v) is 1.93. The van der Waals surface area contributed by atoms with Crippen LogP contribution in [-0.2, 0) is 13.1 Å². The zero-order valence-corrected chi connectivity index (χ0v) is 11.5. The van der Waals surface area contributed by atoms with Crippen molar-refractivity contribution in [2.24, 2.45) is 0 Å². The van der Waals surface area contributed by atoms with Crippen molar-refractivity contribution in [3.63, 3.8) is 0 Å². The predicted octanol–water partition coefficient (Wildman–Crippen LogP) is 1.22. The van der Waals surface area contributed by atoms with Crippen molar-refractivity contribution in [1.29, 1.82) is 0 Å². The minimum absolute atomic E-state index is 0.115. The molecule has 1 atom stereocenters. The summed E-state index contributed by atoms with van der Waals surface area (Å²) < 4.78 is 1.73. The molecule has 0 aliphatic carbocycles. The van der Waals surface area contributed by atoms with Crippen LogP contribution in [0.5, 0.6) is 5.75 Å². The SMILES string of the molecule is CC(NCc1cn(CCCO)nn1)c1cccc(O)c1. The molecule has 0 aliphatic heterocycles. The molecule has 0 spiro atoms. The normalized spacial score (nSPS) is 12.5. The summed E-state index contributed by atoms with van der Waals surface area (Å²) in [6.45, 7) is 3.47. The van der Waals surface area contributed by atoms with E-state index in [1.54, 1.807) is 16.8 Å². The van der Waals surface area contributed by atoms with E-state index < -0.39 is 0 Å². The summed E-state index contributed by atoms with van der Waals surface area (Å²) in [4.78, 5) is 0. The van der Waals surface area contributed by atoms with Crippen LogP contribution in [0.4, 0.5) is 0 Å². The second-order valence-electron chi connectivity index (χ2n) is 4.75. The van der Waals surface area contributed by atoms with Gasteiger partial charge in [-0.15, -0.1) is 5.10 Å². The molecule has 0 saturated heterocycles. The Bertz CT molecular complexity index is 541. The molecule has 0 saturated carbocycles. The zero-order chi connectivity index (χ0) is 14.4. The molecule has 0 radical (unpaired) electrons. The van der Waals surface area contributed by atoms with Crippen molar-refractivity contribution in [2.45, 2.75) is 32.5 Å². The Morgan fingerprint density at radius 3 is 3.00 bits per heavy atom. The number of nitrogens with one attached hydrogen (secondary N) is 1. The number of aliphatic hydroxyl groups excluding tert-OH is 1. The van der Waals surface area contributed by atoms with E-state index in [9.17, 15) is 5.11 Å². The Balaban J connectivity index is 1.86. The van der Waals surface area contributed by atoms with Crippen LogP contribution in [0.25, 0.3) is 0 Å². The van der Waals surface area contributed by atoms with Crippen LogP contribution in [-0.4, -0.2) is 31.8 Å². The number of phenols is 1. The first kappa shape index (κ1) is 14.5. The molecule has 1 unspecified atom stereocenters. The lowest BCUT2D eigenvalue weighted by Crippen LogP contribution is -2.18. The van der Waals surface area contributed by atoms with Crippen molar-refractivity contribution in [3.8, 4) is 5.75 Å². The molecule has 2 aromatic rings. The Morgan fingerprint density at radius 1 is 1.40 bits per heavy atom. The average molecular weight is 276 g/mol. The number of phenolic OH excluding ortho intramolecular Hbond substituents is 1. The number of benzene rings is 1. The quantitative estimate of drug-likeness (QED) is 0.708. The summed E-state index contributed by atoms with van der Waals surface area (Å²) in [6.07, 6.45) is 2.55. The minimum atomic E-state index is 0.115. The topological polar surface area (TPSA) is 83.2 Å². The largest absolute Gasteiger partial charge is 0.508 e. The van der Waals surface area contributed by atoms with Crippen molar-refractivity contribution in [1.82, 2.24) is 20.3 Å². The van der Waals surface area contributed by atoms with E-state index >= 15 is 0 Å². The third kappa shape index (κ3) is 4.04. The average Bonchev–Trinajstić information content (AvgIpc) is 2.90. The van der Waals surface area contributed by atoms with Crippen molar-refractivity contribution in [2.75, 3.05) is 6.61 Å². The highest BCUT2D eigenvalue weighted by atomic mass is 16.3. The number of nitrogens with zero attached hydrogens (tertiary/aromatic N) is 3. The molecule has 108 valence electrons. The van der Waals surface area contributed by atoms with Crippen LogP contribution >= 0.6 is 0 Å². The molecule has 1 aromatic carbocycles. The van der Waals surface area contributed by atoms with Gasteiger partial charge in [0.1, 0.15) is 5.75 Å². The molecule has 1 heterocycles. The van der Waals surface area contributed by atoms with Crippen LogP contribution in [0.15, 0.2) is 30.5 Å². The van der Waals surface area contributed by atoms with Gasteiger partial charge in [-0.3, -0.25) is 4.68 Å². The summed E-state index contributed by atoms with van der Waals surface area (Å²) in [5, 5.41) is 29.6. The lowest BCUT2D eigenvalue weighted by molar-refractivity contribution is 0.276. The molecule has 0 aliphatic rings. The van der Waals surface area contributed by atoms with E-state index in [1.165, 1.54) is 0 Å². The van der Waals surface area contributed by atoms with Gasteiger partial charge in [-0.05, 0) is 31.0 Å². The van der Waals surface area contributed by atoms with E-state index in [-0.39, 0.29) is 18.4 Å². The lowest BCUT2D eigenvalue weighted by atomic mass is 10.1. The van der Waals surface area contributed by atoms with Crippen molar-refractivity contribution < 1.29 is 10.2 Å². The first-order chi connectivity index (χ1) is 9.69. The lowest BCUT2D eigenvalue weighted by Gasteiger charge is -2.13. The standard InChI is InChI=1S/C14H20N4O2/c1-11(12-4-2-5-14(20)8-12)15-9-13-10-18(17-16-13)6-3-7-19/h2,4-5,8,10-11,15,19-20H,3,6-7,9H2,1H3. The molecule has 2 rings (SSSR count). The number of aromatic hydroxyl groups is 1. The van der Waals surface area contributed by atoms with E-state index in [1.807, 2.05) is 25.3 Å². The summed E-state index contributed by atoms with van der Waals surface area (Å²) in [5.74, 6) is 0.270. The molecule has 6 nitrogen and oxygen atoms in total. The Hall–Kier alpha value is -1.92. The van der Waals surface area contributed by atoms with E-state index in [0.29, 0.717) is 19.5 Å². The maximum Gasteiger partial charge on any atom is 0.115 e. The zero-order valence-electron chi connectivity index (χ0n) is 11.5. The summed E-state index contributed by atoms with van der Waals surface area (Å²) in [5.41, 5.74) is 1.88. The Kier molecular flexibility index (Phi) is 5.09. The van der Waals surface area contributed by atoms with Gasteiger partial charge < -0.3 is 15.5 Å². The van der Waals surface area contributed by atoms with Gasteiger partial charge in [-0.1, -0.05) is 17.3 Å². The smallest absolute Gasteiger partial charge is 0.115 e. The van der Waals surface area contributed by atoms with Crippen LogP contribution in [0.2, 0.25) is 0 Å². The van der Waals surface area contributed by atoms with E-state index in [2.05, 4.69) is 15.6 Å². The number of aromatic nitrogens is 3. The minimum Gasteiger partial charge on any atom is -0.508 e. The number of aryl methyl sites for hydroxylation is 1. The number of rotatable bonds is 7. The first-order valence-corrected chi connectivity index (χ1v) is 6.71. The maximum absolute atomic E-state index is 9.46. The third-order valence-corrected chi connectivity index (χ3v) is 3.09. The molecule has 6 heteroatoms. The van der Waals surface area contributed by atoms with E-state index in [0.717, 1.165) is 11.3 Å². The third-order valence-electron chi connectivity index (χ3n) is 3.09. The molecule has 0 fully saturated rings. The summed E-state index contributed by atoms with van der Waals surface area (Å²) in [6, 6.07) is 7.31. The van der Waals surface area contributed by atoms with Crippen LogP contribution < -0.4 is 5.32 Å². The summed E-state index contributed by atoms with van der Waals surface area (Å²) >= 11 is 0. The Morgan fingerprint density at radius 2 is 2.25 bits per heavy atom. The highest BCUT2D eigenvalue weighted by Gasteiger charge is 2.07. The van der Waals surface area contributed by atoms with Crippen LogP contribution in [0.3, 0.4) is 0 Å². The number of aliphatic hydroxyl groups is 1. The van der Waals surface area contributed by atoms with E-state index in [4.69, 9.17) is 5.11 Å². The van der Waals surface area contributed by atoms with Crippen LogP contribution in [0, 0.1) is 0 Å². The van der Waals surface area contributed by atoms with Gasteiger partial charge in [0.25, 0.3) is 0 Å². The Labute approximate surface area is 118 Å². The molecular formula is C14H20N4O2. The van der Waals surface area contributed by atoms with Gasteiger partial charge in [0.2, 0.25) is 0 Å². The number of hydrogen-bond acceptors (Lipinski definition) is 5. The number of hydrogen-bond donors (Lipinski definition) is 3. The maximum atomic E-state index is 9.46. The molecule has 20 heavy (non-hydrogen) atoms. The fraction of sp³-hybridized carbons (Fsp3) is 0.429. The first-order valence-electron chi connectivity index (χ1n) is 6.71. The van der Waals surface area contributed by atoms with Gasteiger partial charge in [0.05, 0.1) is 5.69 Å².